The van der Waals surface area contributed by atoms with Crippen LogP contribution in [0.25, 0.3) is 0 Å². The molecule has 2 atom stereocenters. The summed E-state index contributed by atoms with van der Waals surface area (Å²) in [6.45, 7) is 3.46. The zero-order valence-corrected chi connectivity index (χ0v) is 10.8. The van der Waals surface area contributed by atoms with Gasteiger partial charge in [-0.05, 0) is 44.7 Å². The van der Waals surface area contributed by atoms with Gasteiger partial charge in [-0.25, -0.2) is 0 Å². The lowest BCUT2D eigenvalue weighted by Crippen LogP contribution is -2.43. The van der Waals surface area contributed by atoms with Crippen molar-refractivity contribution in [1.29, 1.82) is 0 Å². The van der Waals surface area contributed by atoms with Crippen LogP contribution in [0.3, 0.4) is 0 Å². The molecule has 18 heavy (non-hydrogen) atoms. The molecule has 0 saturated carbocycles. The standard InChI is InChI=1S/C13H23N3O2/c17-12-4-3-11(9-16-12)13(18)15-7-5-10-2-1-6-14-8-10/h10-11,14H,1-9H2,(H,15,18)(H,16,17). The van der Waals surface area contributed by atoms with Gasteiger partial charge >= 0.3 is 0 Å². The lowest BCUT2D eigenvalue weighted by Gasteiger charge is -2.24. The molecule has 2 fully saturated rings. The molecule has 0 spiro atoms. The van der Waals surface area contributed by atoms with Crippen molar-refractivity contribution in [3.8, 4) is 0 Å². The van der Waals surface area contributed by atoms with Crippen LogP contribution < -0.4 is 16.0 Å². The Labute approximate surface area is 108 Å². The van der Waals surface area contributed by atoms with E-state index in [-0.39, 0.29) is 17.7 Å². The Morgan fingerprint density at radius 1 is 1.33 bits per heavy atom. The molecule has 2 heterocycles. The van der Waals surface area contributed by atoms with E-state index in [2.05, 4.69) is 16.0 Å². The zero-order chi connectivity index (χ0) is 12.8. The summed E-state index contributed by atoms with van der Waals surface area (Å²) < 4.78 is 0. The van der Waals surface area contributed by atoms with Gasteiger partial charge in [0.1, 0.15) is 0 Å². The highest BCUT2D eigenvalue weighted by Crippen LogP contribution is 2.14. The first-order valence-corrected chi connectivity index (χ1v) is 7.01. The highest BCUT2D eigenvalue weighted by Gasteiger charge is 2.24. The van der Waals surface area contributed by atoms with E-state index in [1.54, 1.807) is 0 Å². The minimum atomic E-state index is -0.0350. The number of carbonyl (C=O) groups excluding carboxylic acids is 2. The Bertz CT molecular complexity index is 291. The van der Waals surface area contributed by atoms with Gasteiger partial charge in [0.05, 0.1) is 5.92 Å². The summed E-state index contributed by atoms with van der Waals surface area (Å²) in [5, 5.41) is 9.12. The van der Waals surface area contributed by atoms with Crippen LogP contribution in [0.1, 0.15) is 32.1 Å². The van der Waals surface area contributed by atoms with Gasteiger partial charge in [-0.3, -0.25) is 9.59 Å². The van der Waals surface area contributed by atoms with Crippen molar-refractivity contribution in [3.63, 3.8) is 0 Å². The van der Waals surface area contributed by atoms with Crippen LogP contribution in [0, 0.1) is 11.8 Å². The average molecular weight is 253 g/mol. The molecular formula is C13H23N3O2. The van der Waals surface area contributed by atoms with Crippen LogP contribution in [0.5, 0.6) is 0 Å². The lowest BCUT2D eigenvalue weighted by atomic mass is 9.95. The van der Waals surface area contributed by atoms with Crippen molar-refractivity contribution in [2.45, 2.75) is 32.1 Å². The molecule has 0 aromatic carbocycles. The summed E-state index contributed by atoms with van der Waals surface area (Å²) >= 11 is 0. The van der Waals surface area contributed by atoms with E-state index in [4.69, 9.17) is 0 Å². The predicted octanol–water partition coefficient (Wildman–Crippen LogP) is 0.0185. The molecule has 0 bridgehead atoms. The molecule has 2 aliphatic rings. The van der Waals surface area contributed by atoms with Crippen molar-refractivity contribution in [2.24, 2.45) is 11.8 Å². The molecule has 2 unspecified atom stereocenters. The SMILES string of the molecule is O=C1CCC(C(=O)NCCC2CCCNC2)CN1. The molecular weight excluding hydrogens is 230 g/mol. The minimum absolute atomic E-state index is 0.0350. The second kappa shape index (κ2) is 6.73. The monoisotopic (exact) mass is 253 g/mol. The number of hydrogen-bond acceptors (Lipinski definition) is 3. The Kier molecular flexibility index (Phi) is 4.99. The fraction of sp³-hybridized carbons (Fsp3) is 0.846. The van der Waals surface area contributed by atoms with E-state index in [0.29, 0.717) is 25.3 Å². The molecule has 0 aromatic heterocycles. The summed E-state index contributed by atoms with van der Waals surface area (Å²) in [5.74, 6) is 0.823. The molecule has 2 saturated heterocycles. The fourth-order valence-electron chi connectivity index (χ4n) is 2.67. The molecule has 3 N–H and O–H groups in total. The number of amides is 2. The maximum Gasteiger partial charge on any atom is 0.224 e. The van der Waals surface area contributed by atoms with Crippen LogP contribution in [-0.4, -0.2) is 38.0 Å². The number of rotatable bonds is 4. The molecule has 0 aromatic rings. The topological polar surface area (TPSA) is 70.2 Å². The minimum Gasteiger partial charge on any atom is -0.356 e. The van der Waals surface area contributed by atoms with Gasteiger partial charge < -0.3 is 16.0 Å². The highest BCUT2D eigenvalue weighted by molar-refractivity contribution is 5.83. The molecule has 0 radical (unpaired) electrons. The van der Waals surface area contributed by atoms with Gasteiger partial charge in [0.2, 0.25) is 11.8 Å². The van der Waals surface area contributed by atoms with Crippen LogP contribution in [0.4, 0.5) is 0 Å². The molecule has 2 amide bonds. The number of hydrogen-bond donors (Lipinski definition) is 3. The number of piperidine rings is 2. The lowest BCUT2D eigenvalue weighted by molar-refractivity contribution is -0.128. The van der Waals surface area contributed by atoms with E-state index in [1.165, 1.54) is 12.8 Å². The molecule has 5 heteroatoms. The Hall–Kier alpha value is -1.10. The fourth-order valence-corrected chi connectivity index (χ4v) is 2.67. The number of carbonyl (C=O) groups is 2. The molecule has 0 aliphatic carbocycles. The normalized spacial score (nSPS) is 28.6. The predicted molar refractivity (Wildman–Crippen MR) is 69.0 cm³/mol. The quantitative estimate of drug-likeness (QED) is 0.661. The number of nitrogens with one attached hydrogen (secondary N) is 3. The Morgan fingerprint density at radius 3 is 2.89 bits per heavy atom. The van der Waals surface area contributed by atoms with E-state index < -0.39 is 0 Å². The van der Waals surface area contributed by atoms with Gasteiger partial charge in [-0.1, -0.05) is 0 Å². The van der Waals surface area contributed by atoms with E-state index in [0.717, 1.165) is 26.1 Å². The van der Waals surface area contributed by atoms with Crippen LogP contribution in [-0.2, 0) is 9.59 Å². The second-order valence-corrected chi connectivity index (χ2v) is 5.33. The van der Waals surface area contributed by atoms with Crippen LogP contribution in [0.15, 0.2) is 0 Å². The third kappa shape index (κ3) is 3.98. The largest absolute Gasteiger partial charge is 0.356 e. The van der Waals surface area contributed by atoms with E-state index in [1.807, 2.05) is 0 Å². The van der Waals surface area contributed by atoms with Crippen molar-refractivity contribution in [3.05, 3.63) is 0 Å². The Balaban J connectivity index is 1.60. The Morgan fingerprint density at radius 2 is 2.22 bits per heavy atom. The third-order valence-corrected chi connectivity index (χ3v) is 3.89. The van der Waals surface area contributed by atoms with Gasteiger partial charge in [-0.2, -0.15) is 0 Å². The van der Waals surface area contributed by atoms with E-state index >= 15 is 0 Å². The summed E-state index contributed by atoms with van der Waals surface area (Å²) in [7, 11) is 0. The highest BCUT2D eigenvalue weighted by atomic mass is 16.2. The van der Waals surface area contributed by atoms with Gasteiger partial charge in [0.25, 0.3) is 0 Å². The summed E-state index contributed by atoms with van der Waals surface area (Å²) in [5.41, 5.74) is 0. The zero-order valence-electron chi connectivity index (χ0n) is 10.8. The first-order chi connectivity index (χ1) is 8.75. The van der Waals surface area contributed by atoms with Crippen LogP contribution in [0.2, 0.25) is 0 Å². The average Bonchev–Trinajstić information content (AvgIpc) is 2.40. The smallest absolute Gasteiger partial charge is 0.224 e. The first-order valence-electron chi connectivity index (χ1n) is 7.01. The second-order valence-electron chi connectivity index (χ2n) is 5.33. The molecule has 2 rings (SSSR count). The summed E-state index contributed by atoms with van der Waals surface area (Å²) in [4.78, 5) is 22.9. The summed E-state index contributed by atoms with van der Waals surface area (Å²) in [6.07, 6.45) is 4.72. The molecule has 2 aliphatic heterocycles. The molecule has 102 valence electrons. The van der Waals surface area contributed by atoms with Crippen molar-refractivity contribution in [1.82, 2.24) is 16.0 Å². The molecule has 5 nitrogen and oxygen atoms in total. The maximum absolute atomic E-state index is 11.9. The van der Waals surface area contributed by atoms with E-state index in [9.17, 15) is 9.59 Å². The third-order valence-electron chi connectivity index (χ3n) is 3.89. The van der Waals surface area contributed by atoms with Gasteiger partial charge in [0, 0.05) is 19.5 Å². The maximum atomic E-state index is 11.9. The van der Waals surface area contributed by atoms with Crippen LogP contribution >= 0.6 is 0 Å². The van der Waals surface area contributed by atoms with Crippen molar-refractivity contribution >= 4 is 11.8 Å². The van der Waals surface area contributed by atoms with Gasteiger partial charge in [0.15, 0.2) is 0 Å². The summed E-state index contributed by atoms with van der Waals surface area (Å²) in [6, 6.07) is 0. The first kappa shape index (κ1) is 13.3. The van der Waals surface area contributed by atoms with Gasteiger partial charge in [-0.15, -0.1) is 0 Å². The van der Waals surface area contributed by atoms with Crippen molar-refractivity contribution < 1.29 is 9.59 Å². The van der Waals surface area contributed by atoms with Crippen molar-refractivity contribution in [2.75, 3.05) is 26.2 Å².